The van der Waals surface area contributed by atoms with E-state index in [4.69, 9.17) is 0 Å². The lowest BCUT2D eigenvalue weighted by Gasteiger charge is -1.56. The summed E-state index contributed by atoms with van der Waals surface area (Å²) in [4.78, 5) is 0. The van der Waals surface area contributed by atoms with Gasteiger partial charge in [0.25, 0.3) is 0 Å². The summed E-state index contributed by atoms with van der Waals surface area (Å²) in [7, 11) is 0. The van der Waals surface area contributed by atoms with Crippen LogP contribution in [-0.2, 0) is 0 Å². The van der Waals surface area contributed by atoms with Crippen molar-refractivity contribution in [1.82, 2.24) is 0 Å². The minimum Gasteiger partial charge on any atom is -0.0556 e. The van der Waals surface area contributed by atoms with Gasteiger partial charge in [0, 0.05) is 17.1 Å². The molecule has 2 aliphatic carbocycles. The predicted octanol–water partition coefficient (Wildman–Crippen LogP) is 1.57. The monoisotopic (exact) mass is 100 g/mol. The molecule has 2 aliphatic rings. The van der Waals surface area contributed by atoms with Crippen molar-refractivity contribution in [2.24, 2.45) is 5.92 Å². The number of hydrogen-bond donors (Lipinski definition) is 0. The third-order valence-corrected chi connectivity index (χ3v) is 1.53. The molecule has 2 rings (SSSR count). The standard InChI is InChI=1S/C8H4/c1-6-7-4-2-3-5-8(6)7/h6H,1H3. The molecule has 0 bridgehead atoms. The van der Waals surface area contributed by atoms with Crippen molar-refractivity contribution < 1.29 is 0 Å². The first-order valence-electron chi connectivity index (χ1n) is 2.65. The SMILES string of the molecule is CC1C2=C=C=C=C=C21. The highest BCUT2D eigenvalue weighted by molar-refractivity contribution is 5.54. The van der Waals surface area contributed by atoms with E-state index in [2.05, 4.69) is 29.8 Å². The fraction of sp³-hybridized carbons (Fsp3) is 0.250. The highest BCUT2D eigenvalue weighted by Crippen LogP contribution is 2.42. The molecule has 0 atom stereocenters. The van der Waals surface area contributed by atoms with Crippen LogP contribution >= 0.6 is 0 Å². The largest absolute Gasteiger partial charge is 0.0556 e. The van der Waals surface area contributed by atoms with Gasteiger partial charge in [-0.1, -0.05) is 18.4 Å². The van der Waals surface area contributed by atoms with E-state index in [1.165, 1.54) is 11.1 Å². The molecule has 0 aromatic rings. The number of allylic oxidation sites excluding steroid dienone is 2. The minimum atomic E-state index is 0.595. The van der Waals surface area contributed by atoms with Crippen LogP contribution in [0.3, 0.4) is 0 Å². The van der Waals surface area contributed by atoms with Gasteiger partial charge >= 0.3 is 0 Å². The molecule has 0 saturated heterocycles. The lowest BCUT2D eigenvalue weighted by Crippen LogP contribution is -1.49. The maximum absolute atomic E-state index is 2.96. The molecular weight excluding hydrogens is 96.1 g/mol. The van der Waals surface area contributed by atoms with Crippen LogP contribution in [0.4, 0.5) is 0 Å². The van der Waals surface area contributed by atoms with Crippen molar-refractivity contribution in [1.29, 1.82) is 0 Å². The molecule has 0 amide bonds. The van der Waals surface area contributed by atoms with E-state index in [0.29, 0.717) is 5.92 Å². The van der Waals surface area contributed by atoms with Crippen molar-refractivity contribution in [3.8, 4) is 0 Å². The average Bonchev–Trinajstić information content (AvgIpc) is 2.46. The van der Waals surface area contributed by atoms with Crippen molar-refractivity contribution in [2.75, 3.05) is 0 Å². The van der Waals surface area contributed by atoms with Gasteiger partial charge in [0.1, 0.15) is 0 Å². The zero-order valence-electron chi connectivity index (χ0n) is 4.58. The third kappa shape index (κ3) is 0.288. The number of fused-ring (bicyclic) bond motifs is 1. The van der Waals surface area contributed by atoms with E-state index in [-0.39, 0.29) is 0 Å². The maximum atomic E-state index is 2.96. The maximum Gasteiger partial charge on any atom is 0.0240 e. The molecule has 0 aromatic heterocycles. The van der Waals surface area contributed by atoms with E-state index < -0.39 is 0 Å². The van der Waals surface area contributed by atoms with E-state index in [9.17, 15) is 0 Å². The molecule has 0 aliphatic heterocycles. The lowest BCUT2D eigenvalue weighted by atomic mass is 10.5. The highest BCUT2D eigenvalue weighted by atomic mass is 14.3. The Hall–Kier alpha value is -1.14. The molecule has 0 aromatic carbocycles. The topological polar surface area (TPSA) is 0 Å². The smallest absolute Gasteiger partial charge is 0.0240 e. The second-order valence-corrected chi connectivity index (χ2v) is 2.05. The van der Waals surface area contributed by atoms with Crippen molar-refractivity contribution in [3.63, 3.8) is 0 Å². The Bertz CT molecular complexity index is 274. The fourth-order valence-electron chi connectivity index (χ4n) is 0.884. The van der Waals surface area contributed by atoms with Crippen LogP contribution in [0.1, 0.15) is 6.92 Å². The molecule has 1 fully saturated rings. The summed E-state index contributed by atoms with van der Waals surface area (Å²) in [6.45, 7) is 2.14. The Morgan fingerprint density at radius 3 is 2.00 bits per heavy atom. The van der Waals surface area contributed by atoms with Crippen LogP contribution in [0.25, 0.3) is 0 Å². The predicted molar refractivity (Wildman–Crippen MR) is 30.2 cm³/mol. The summed E-state index contributed by atoms with van der Waals surface area (Å²) in [5.74, 6) is 0.595. The van der Waals surface area contributed by atoms with Crippen LogP contribution in [0.5, 0.6) is 0 Å². The molecule has 0 N–H and O–H groups in total. The summed E-state index contributed by atoms with van der Waals surface area (Å²) < 4.78 is 0. The lowest BCUT2D eigenvalue weighted by molar-refractivity contribution is 1.10. The molecule has 0 unspecified atom stereocenters. The Balaban J connectivity index is 2.89. The zero-order chi connectivity index (χ0) is 5.56. The van der Waals surface area contributed by atoms with Crippen LogP contribution < -0.4 is 0 Å². The van der Waals surface area contributed by atoms with Gasteiger partial charge < -0.3 is 0 Å². The van der Waals surface area contributed by atoms with E-state index in [0.717, 1.165) is 0 Å². The molecule has 0 spiro atoms. The van der Waals surface area contributed by atoms with Crippen molar-refractivity contribution in [2.45, 2.75) is 6.92 Å². The molecule has 8 heavy (non-hydrogen) atoms. The van der Waals surface area contributed by atoms with E-state index in [1.807, 2.05) is 0 Å². The van der Waals surface area contributed by atoms with Crippen molar-refractivity contribution >= 4 is 0 Å². The van der Waals surface area contributed by atoms with Gasteiger partial charge in [0.15, 0.2) is 0 Å². The van der Waals surface area contributed by atoms with Gasteiger partial charge in [-0.25, -0.2) is 0 Å². The number of hydrogen-bond acceptors (Lipinski definition) is 0. The molecule has 0 heteroatoms. The fourth-order valence-corrected chi connectivity index (χ4v) is 0.884. The summed E-state index contributed by atoms with van der Waals surface area (Å²) >= 11 is 0. The molecule has 1 saturated carbocycles. The van der Waals surface area contributed by atoms with Gasteiger partial charge in [-0.3, -0.25) is 0 Å². The normalized spacial score (nSPS) is 20.1. The van der Waals surface area contributed by atoms with Gasteiger partial charge in [-0.05, 0) is 11.5 Å². The first-order chi connectivity index (χ1) is 3.89. The minimum absolute atomic E-state index is 0.595. The van der Waals surface area contributed by atoms with E-state index in [1.54, 1.807) is 0 Å². The summed E-state index contributed by atoms with van der Waals surface area (Å²) in [5.41, 5.74) is 13.9. The van der Waals surface area contributed by atoms with Gasteiger partial charge in [-0.15, -0.1) is 0 Å². The Morgan fingerprint density at radius 1 is 1.12 bits per heavy atom. The second-order valence-electron chi connectivity index (χ2n) is 2.05. The number of rotatable bonds is 0. The van der Waals surface area contributed by atoms with Crippen LogP contribution in [0, 0.1) is 5.92 Å². The van der Waals surface area contributed by atoms with Crippen molar-refractivity contribution in [3.05, 3.63) is 34.1 Å². The van der Waals surface area contributed by atoms with Crippen LogP contribution in [0.2, 0.25) is 0 Å². The first-order valence-corrected chi connectivity index (χ1v) is 2.65. The molecule has 36 valence electrons. The second kappa shape index (κ2) is 0.984. The van der Waals surface area contributed by atoms with E-state index >= 15 is 0 Å². The third-order valence-electron chi connectivity index (χ3n) is 1.53. The molecular formula is C8H4. The summed E-state index contributed by atoms with van der Waals surface area (Å²) in [6.07, 6.45) is 0. The highest BCUT2D eigenvalue weighted by Gasteiger charge is 2.33. The average molecular weight is 100 g/mol. The van der Waals surface area contributed by atoms with Crippen LogP contribution in [-0.4, -0.2) is 0 Å². The summed E-state index contributed by atoms with van der Waals surface area (Å²) in [6, 6.07) is 0. The Labute approximate surface area is 47.8 Å². The zero-order valence-corrected chi connectivity index (χ0v) is 4.58. The Kier molecular flexibility index (Phi) is 0.469. The summed E-state index contributed by atoms with van der Waals surface area (Å²) in [5, 5.41) is 0. The van der Waals surface area contributed by atoms with Gasteiger partial charge in [-0.2, -0.15) is 0 Å². The van der Waals surface area contributed by atoms with Gasteiger partial charge in [0.2, 0.25) is 0 Å². The molecule has 0 radical (unpaired) electrons. The molecule has 0 heterocycles. The Morgan fingerprint density at radius 2 is 1.62 bits per heavy atom. The van der Waals surface area contributed by atoms with Crippen LogP contribution in [0.15, 0.2) is 34.1 Å². The molecule has 0 nitrogen and oxygen atoms in total. The first kappa shape index (κ1) is 3.81. The van der Waals surface area contributed by atoms with Gasteiger partial charge in [0.05, 0.1) is 0 Å². The quantitative estimate of drug-likeness (QED) is 0.405.